The van der Waals surface area contributed by atoms with Crippen LogP contribution in [0.4, 0.5) is 11.4 Å². The lowest BCUT2D eigenvalue weighted by atomic mass is 9.72. The molecular weight excluding hydrogens is 407 g/mol. The van der Waals surface area contributed by atoms with E-state index in [1.165, 1.54) is 6.07 Å². The predicted molar refractivity (Wildman–Crippen MR) is 117 cm³/mol. The molecule has 1 heterocycles. The molecule has 4 rings (SSSR count). The molecule has 1 unspecified atom stereocenters. The van der Waals surface area contributed by atoms with Crippen LogP contribution in [-0.4, -0.2) is 11.7 Å². The van der Waals surface area contributed by atoms with Crippen LogP contribution < -0.4 is 10.6 Å². The molecule has 146 valence electrons. The van der Waals surface area contributed by atoms with Crippen LogP contribution in [0, 0.1) is 0 Å². The van der Waals surface area contributed by atoms with Gasteiger partial charge in [0.1, 0.15) is 5.41 Å². The van der Waals surface area contributed by atoms with Crippen LogP contribution in [0.1, 0.15) is 28.4 Å². The Labute approximate surface area is 178 Å². The first-order valence-electron chi connectivity index (χ1n) is 9.08. The molecule has 0 radical (unpaired) electrons. The first-order valence-corrected chi connectivity index (χ1v) is 9.83. The Morgan fingerprint density at radius 3 is 2.28 bits per heavy atom. The lowest BCUT2D eigenvalue weighted by Gasteiger charge is -2.40. The van der Waals surface area contributed by atoms with E-state index in [0.717, 1.165) is 5.56 Å². The zero-order valence-corrected chi connectivity index (χ0v) is 17.2. The summed E-state index contributed by atoms with van der Waals surface area (Å²) in [6.45, 7) is 1.93. The van der Waals surface area contributed by atoms with Crippen LogP contribution in [0.2, 0.25) is 10.0 Å². The summed E-state index contributed by atoms with van der Waals surface area (Å²) in [6, 6.07) is 19.5. The van der Waals surface area contributed by atoms with Crippen molar-refractivity contribution in [1.82, 2.24) is 0 Å². The average Bonchev–Trinajstić information content (AvgIpc) is 2.70. The number of nitrogens with zero attached hydrogens (tertiary/aromatic N) is 1. The van der Waals surface area contributed by atoms with Crippen LogP contribution >= 0.6 is 23.2 Å². The minimum absolute atomic E-state index is 0.227. The molecule has 1 atom stereocenters. The molecular formula is C23H18Cl2N2O2. The number of ketones is 1. The Balaban J connectivity index is 1.93. The number of hydrogen-bond acceptors (Lipinski definition) is 3. The number of amides is 1. The molecule has 0 spiro atoms. The molecule has 3 aromatic carbocycles. The van der Waals surface area contributed by atoms with Gasteiger partial charge in [0.2, 0.25) is 5.91 Å². The Kier molecular flexibility index (Phi) is 4.85. The van der Waals surface area contributed by atoms with E-state index in [1.807, 2.05) is 30.3 Å². The third kappa shape index (κ3) is 3.18. The van der Waals surface area contributed by atoms with E-state index in [4.69, 9.17) is 28.9 Å². The van der Waals surface area contributed by atoms with Crippen molar-refractivity contribution < 1.29 is 9.59 Å². The van der Waals surface area contributed by atoms with Crippen molar-refractivity contribution in [2.75, 3.05) is 10.6 Å². The summed E-state index contributed by atoms with van der Waals surface area (Å²) in [7, 11) is 0. The summed E-state index contributed by atoms with van der Waals surface area (Å²) in [4.78, 5) is 28.9. The Morgan fingerprint density at radius 2 is 1.62 bits per heavy atom. The van der Waals surface area contributed by atoms with Crippen molar-refractivity contribution >= 4 is 46.3 Å². The van der Waals surface area contributed by atoms with Gasteiger partial charge in [0.25, 0.3) is 0 Å². The van der Waals surface area contributed by atoms with Crippen LogP contribution in [0.5, 0.6) is 0 Å². The van der Waals surface area contributed by atoms with Crippen LogP contribution in [0.15, 0.2) is 66.7 Å². The predicted octanol–water partition coefficient (Wildman–Crippen LogP) is 5.26. The molecule has 0 saturated heterocycles. The molecule has 1 amide bonds. The summed E-state index contributed by atoms with van der Waals surface area (Å²) in [5.74, 6) is -0.685. The zero-order valence-electron chi connectivity index (χ0n) is 15.7. The van der Waals surface area contributed by atoms with E-state index in [-0.39, 0.29) is 16.7 Å². The maximum atomic E-state index is 13.7. The second-order valence-corrected chi connectivity index (χ2v) is 8.08. The summed E-state index contributed by atoms with van der Waals surface area (Å²) >= 11 is 12.6. The van der Waals surface area contributed by atoms with E-state index < -0.39 is 5.41 Å². The van der Waals surface area contributed by atoms with Gasteiger partial charge in [-0.3, -0.25) is 9.59 Å². The van der Waals surface area contributed by atoms with E-state index in [1.54, 1.807) is 42.2 Å². The molecule has 1 aliphatic heterocycles. The summed E-state index contributed by atoms with van der Waals surface area (Å²) in [6.07, 6.45) is 0. The fourth-order valence-electron chi connectivity index (χ4n) is 3.72. The highest BCUT2D eigenvalue weighted by Gasteiger charge is 2.51. The molecule has 0 aromatic heterocycles. The Hall–Kier alpha value is -2.82. The van der Waals surface area contributed by atoms with Gasteiger partial charge in [0.05, 0.1) is 22.8 Å². The Bertz CT molecular complexity index is 1110. The smallest absolute Gasteiger partial charge is 0.245 e. The van der Waals surface area contributed by atoms with Gasteiger partial charge in [-0.2, -0.15) is 0 Å². The maximum absolute atomic E-state index is 13.7. The Morgan fingerprint density at radius 1 is 0.966 bits per heavy atom. The van der Waals surface area contributed by atoms with Crippen molar-refractivity contribution in [1.29, 1.82) is 0 Å². The number of carbonyl (C=O) groups excluding carboxylic acids is 2. The van der Waals surface area contributed by atoms with Crippen molar-refractivity contribution in [2.24, 2.45) is 0 Å². The quantitative estimate of drug-likeness (QED) is 0.460. The number of nitrogen functional groups attached to an aromatic ring is 1. The molecule has 0 saturated carbocycles. The van der Waals surface area contributed by atoms with Gasteiger partial charge in [-0.15, -0.1) is 0 Å². The van der Waals surface area contributed by atoms with Crippen molar-refractivity contribution in [3.63, 3.8) is 0 Å². The molecule has 2 N–H and O–H groups in total. The number of carbonyl (C=O) groups is 2. The molecule has 29 heavy (non-hydrogen) atoms. The average molecular weight is 425 g/mol. The van der Waals surface area contributed by atoms with Gasteiger partial charge in [-0.25, -0.2) is 0 Å². The second kappa shape index (κ2) is 7.21. The molecule has 0 fully saturated rings. The first kappa shape index (κ1) is 19.5. The fraction of sp³-hybridized carbons (Fsp3) is 0.130. The molecule has 3 aromatic rings. The third-order valence-corrected chi connectivity index (χ3v) is 5.87. The summed E-state index contributed by atoms with van der Waals surface area (Å²) in [5, 5.41) is 0.591. The van der Waals surface area contributed by atoms with Gasteiger partial charge in [0, 0.05) is 10.7 Å². The number of Topliss-reactive ketones (excluding diaryl/α,β-unsaturated/α-hetero) is 1. The first-order chi connectivity index (χ1) is 13.8. The molecule has 1 aliphatic rings. The standard InChI is InChI=1S/C23H18Cl2N2O2/c1-23(15-7-9-17(26)10-8-15)21(28)20-18(25)11-16(24)12-19(20)27(22(23)29)13-14-5-3-2-4-6-14/h2-12H,13,26H2,1H3. The van der Waals surface area contributed by atoms with Gasteiger partial charge in [-0.05, 0) is 42.3 Å². The van der Waals surface area contributed by atoms with E-state index >= 15 is 0 Å². The highest BCUT2D eigenvalue weighted by atomic mass is 35.5. The van der Waals surface area contributed by atoms with E-state index in [2.05, 4.69) is 0 Å². The van der Waals surface area contributed by atoms with Crippen LogP contribution in [-0.2, 0) is 16.8 Å². The highest BCUT2D eigenvalue weighted by molar-refractivity contribution is 6.41. The molecule has 0 aliphatic carbocycles. The van der Waals surface area contributed by atoms with Gasteiger partial charge >= 0.3 is 0 Å². The minimum atomic E-state index is -1.42. The number of rotatable bonds is 3. The monoisotopic (exact) mass is 424 g/mol. The van der Waals surface area contributed by atoms with E-state index in [9.17, 15) is 9.59 Å². The summed E-state index contributed by atoms with van der Waals surface area (Å²) in [5.41, 5.74) is 7.15. The zero-order chi connectivity index (χ0) is 20.8. The number of halogens is 2. The largest absolute Gasteiger partial charge is 0.399 e. The number of fused-ring (bicyclic) bond motifs is 1. The van der Waals surface area contributed by atoms with Crippen molar-refractivity contribution in [3.05, 3.63) is 93.5 Å². The van der Waals surface area contributed by atoms with Crippen LogP contribution in [0.3, 0.4) is 0 Å². The third-order valence-electron chi connectivity index (χ3n) is 5.35. The van der Waals surface area contributed by atoms with Gasteiger partial charge in [0.15, 0.2) is 5.78 Å². The number of nitrogens with two attached hydrogens (primary N) is 1. The van der Waals surface area contributed by atoms with Crippen molar-refractivity contribution in [3.8, 4) is 0 Å². The number of hydrogen-bond donors (Lipinski definition) is 1. The topological polar surface area (TPSA) is 63.4 Å². The van der Waals surface area contributed by atoms with Gasteiger partial charge < -0.3 is 10.6 Å². The lowest BCUT2D eigenvalue weighted by molar-refractivity contribution is -0.122. The molecule has 6 heteroatoms. The highest BCUT2D eigenvalue weighted by Crippen LogP contribution is 2.44. The SMILES string of the molecule is CC1(c2ccc(N)cc2)C(=O)c2c(Cl)cc(Cl)cc2N(Cc2ccccc2)C1=O. The number of benzene rings is 3. The molecule has 4 nitrogen and oxygen atoms in total. The minimum Gasteiger partial charge on any atom is -0.399 e. The lowest BCUT2D eigenvalue weighted by Crippen LogP contribution is -2.54. The fourth-order valence-corrected chi connectivity index (χ4v) is 4.29. The second-order valence-electron chi connectivity index (χ2n) is 7.23. The maximum Gasteiger partial charge on any atom is 0.245 e. The normalized spacial score (nSPS) is 18.7. The van der Waals surface area contributed by atoms with Crippen molar-refractivity contribution in [2.45, 2.75) is 18.9 Å². The van der Waals surface area contributed by atoms with Gasteiger partial charge in [-0.1, -0.05) is 65.7 Å². The molecule has 0 bridgehead atoms. The number of anilines is 2. The van der Waals surface area contributed by atoms with E-state index in [0.29, 0.717) is 34.1 Å². The summed E-state index contributed by atoms with van der Waals surface area (Å²) < 4.78 is 0. The van der Waals surface area contributed by atoms with Crippen LogP contribution in [0.25, 0.3) is 0 Å².